The number of halogens is 3. The maximum Gasteiger partial charge on any atom is 0.418 e. The Balaban J connectivity index is 1.65. The number of benzene rings is 3. The Hall–Kier alpha value is -4.39. The van der Waals surface area contributed by atoms with Gasteiger partial charge in [-0.05, 0) is 41.5 Å². The minimum Gasteiger partial charge on any atom is -0.484 e. The number of non-ortho nitro benzene ring substituents is 1. The van der Waals surface area contributed by atoms with E-state index in [0.29, 0.717) is 17.4 Å². The van der Waals surface area contributed by atoms with Gasteiger partial charge in [0.1, 0.15) is 5.75 Å². The number of nitrogens with zero attached hydrogens (tertiary/aromatic N) is 2. The van der Waals surface area contributed by atoms with Crippen LogP contribution in [0.1, 0.15) is 11.1 Å². The van der Waals surface area contributed by atoms with Crippen LogP contribution in [0.2, 0.25) is 0 Å². The molecule has 162 valence electrons. The lowest BCUT2D eigenvalue weighted by Gasteiger charge is -2.14. The van der Waals surface area contributed by atoms with Gasteiger partial charge in [-0.3, -0.25) is 14.9 Å². The fraction of sp³-hybridized carbons (Fsp3) is 0.0909. The van der Waals surface area contributed by atoms with E-state index in [1.807, 2.05) is 6.07 Å². The van der Waals surface area contributed by atoms with Crippen LogP contribution < -0.4 is 10.1 Å². The summed E-state index contributed by atoms with van der Waals surface area (Å²) in [4.78, 5) is 21.9. The van der Waals surface area contributed by atoms with E-state index in [0.717, 1.165) is 23.3 Å². The molecule has 0 atom stereocenters. The number of amides is 1. The first-order chi connectivity index (χ1) is 15.2. The van der Waals surface area contributed by atoms with Gasteiger partial charge in [0.2, 0.25) is 0 Å². The first-order valence-corrected chi connectivity index (χ1v) is 9.06. The average Bonchev–Trinajstić information content (AvgIpc) is 2.77. The molecular weight excluding hydrogens is 427 g/mol. The third-order valence-corrected chi connectivity index (χ3v) is 4.37. The monoisotopic (exact) mass is 441 g/mol. The van der Waals surface area contributed by atoms with Crippen LogP contribution in [0.5, 0.6) is 5.75 Å². The summed E-state index contributed by atoms with van der Waals surface area (Å²) in [5, 5.41) is 21.6. The van der Waals surface area contributed by atoms with Crippen LogP contribution in [0.15, 0.2) is 66.7 Å². The third-order valence-electron chi connectivity index (χ3n) is 4.37. The zero-order valence-electron chi connectivity index (χ0n) is 16.2. The van der Waals surface area contributed by atoms with Crippen molar-refractivity contribution >= 4 is 17.3 Å². The van der Waals surface area contributed by atoms with E-state index in [2.05, 4.69) is 5.32 Å². The number of nitro groups is 1. The van der Waals surface area contributed by atoms with Crippen molar-refractivity contribution in [3.05, 3.63) is 88.0 Å². The van der Waals surface area contributed by atoms with Crippen molar-refractivity contribution in [2.45, 2.75) is 6.18 Å². The van der Waals surface area contributed by atoms with Crippen molar-refractivity contribution in [1.82, 2.24) is 0 Å². The number of carbonyl (C=O) groups is 1. The molecule has 0 heterocycles. The number of carbonyl (C=O) groups excluding carboxylic acids is 1. The Morgan fingerprint density at radius 2 is 1.62 bits per heavy atom. The molecule has 1 N–H and O–H groups in total. The Morgan fingerprint density at radius 1 is 1.03 bits per heavy atom. The van der Waals surface area contributed by atoms with E-state index in [9.17, 15) is 28.1 Å². The lowest BCUT2D eigenvalue weighted by atomic mass is 10.0. The zero-order chi connectivity index (χ0) is 23.3. The molecule has 0 saturated heterocycles. The second-order valence-electron chi connectivity index (χ2n) is 6.54. The largest absolute Gasteiger partial charge is 0.484 e. The van der Waals surface area contributed by atoms with Crippen molar-refractivity contribution in [2.75, 3.05) is 11.9 Å². The maximum atomic E-state index is 13.2. The predicted octanol–water partition coefficient (Wildman–Crippen LogP) is 5.17. The Kier molecular flexibility index (Phi) is 6.39. The van der Waals surface area contributed by atoms with Crippen molar-refractivity contribution in [3.8, 4) is 22.9 Å². The highest BCUT2D eigenvalue weighted by Gasteiger charge is 2.35. The molecular formula is C22H14F3N3O4. The molecule has 32 heavy (non-hydrogen) atoms. The molecule has 0 spiro atoms. The van der Waals surface area contributed by atoms with E-state index in [4.69, 9.17) is 10.00 Å². The summed E-state index contributed by atoms with van der Waals surface area (Å²) in [7, 11) is 0. The van der Waals surface area contributed by atoms with Crippen LogP contribution in [-0.4, -0.2) is 17.4 Å². The average molecular weight is 441 g/mol. The van der Waals surface area contributed by atoms with Crippen LogP contribution >= 0.6 is 0 Å². The summed E-state index contributed by atoms with van der Waals surface area (Å²) in [6.45, 7) is -0.565. The van der Waals surface area contributed by atoms with E-state index in [-0.39, 0.29) is 0 Å². The second-order valence-corrected chi connectivity index (χ2v) is 6.54. The van der Waals surface area contributed by atoms with E-state index >= 15 is 0 Å². The zero-order valence-corrected chi connectivity index (χ0v) is 16.2. The fourth-order valence-corrected chi connectivity index (χ4v) is 2.81. The van der Waals surface area contributed by atoms with Gasteiger partial charge < -0.3 is 10.1 Å². The SMILES string of the molecule is N#Cc1ccc(-c2ccc(OCC(=O)Nc3ccc([N+](=O)[O-])cc3C(F)(F)F)cc2)cc1. The van der Waals surface area contributed by atoms with E-state index < -0.39 is 40.6 Å². The van der Waals surface area contributed by atoms with Gasteiger partial charge in [0.05, 0.1) is 27.8 Å². The minimum absolute atomic E-state index is 0.317. The molecule has 10 heteroatoms. The van der Waals surface area contributed by atoms with Gasteiger partial charge in [-0.1, -0.05) is 24.3 Å². The summed E-state index contributed by atoms with van der Waals surface area (Å²) in [5.41, 5.74) is -0.437. The Morgan fingerprint density at radius 3 is 2.16 bits per heavy atom. The van der Waals surface area contributed by atoms with Crippen molar-refractivity contribution < 1.29 is 27.6 Å². The lowest BCUT2D eigenvalue weighted by Crippen LogP contribution is -2.22. The number of alkyl halides is 3. The summed E-state index contributed by atoms with van der Waals surface area (Å²) in [5.74, 6) is -0.544. The summed E-state index contributed by atoms with van der Waals surface area (Å²) in [6, 6.07) is 17.6. The molecule has 0 radical (unpaired) electrons. The third kappa shape index (κ3) is 5.40. The first kappa shape index (κ1) is 22.3. The molecule has 0 aliphatic rings. The highest BCUT2D eigenvalue weighted by molar-refractivity contribution is 5.93. The lowest BCUT2D eigenvalue weighted by molar-refractivity contribution is -0.385. The molecule has 0 fully saturated rings. The molecule has 0 unspecified atom stereocenters. The number of anilines is 1. The molecule has 3 aromatic carbocycles. The van der Waals surface area contributed by atoms with Gasteiger partial charge in [-0.15, -0.1) is 0 Å². The van der Waals surface area contributed by atoms with Gasteiger partial charge in [-0.2, -0.15) is 18.4 Å². The van der Waals surface area contributed by atoms with E-state index in [1.54, 1.807) is 48.5 Å². The minimum atomic E-state index is -4.89. The molecule has 1 amide bonds. The molecule has 0 saturated carbocycles. The number of nitriles is 1. The predicted molar refractivity (Wildman–Crippen MR) is 109 cm³/mol. The van der Waals surface area contributed by atoms with Crippen LogP contribution in [0.4, 0.5) is 24.5 Å². The van der Waals surface area contributed by atoms with Gasteiger partial charge in [-0.25, -0.2) is 0 Å². The summed E-state index contributed by atoms with van der Waals surface area (Å²) >= 11 is 0. The van der Waals surface area contributed by atoms with Gasteiger partial charge >= 0.3 is 6.18 Å². The highest BCUT2D eigenvalue weighted by Crippen LogP contribution is 2.37. The molecule has 0 aliphatic heterocycles. The molecule has 3 rings (SSSR count). The Bertz CT molecular complexity index is 1190. The summed E-state index contributed by atoms with van der Waals surface area (Å²) < 4.78 is 44.9. The van der Waals surface area contributed by atoms with Crippen LogP contribution in [0.3, 0.4) is 0 Å². The standard InChI is InChI=1S/C22H14F3N3O4/c23-22(24,25)19-11-17(28(30)31)7-10-20(19)27-21(29)13-32-18-8-5-16(6-9-18)15-3-1-14(12-26)2-4-15/h1-11H,13H2,(H,27,29). The molecule has 0 bridgehead atoms. The van der Waals surface area contributed by atoms with Crippen LogP contribution in [-0.2, 0) is 11.0 Å². The molecule has 7 nitrogen and oxygen atoms in total. The van der Waals surface area contributed by atoms with Gasteiger partial charge in [0, 0.05) is 12.1 Å². The van der Waals surface area contributed by atoms with Gasteiger partial charge in [0.25, 0.3) is 11.6 Å². The highest BCUT2D eigenvalue weighted by atomic mass is 19.4. The van der Waals surface area contributed by atoms with Gasteiger partial charge in [0.15, 0.2) is 6.61 Å². The second kappa shape index (κ2) is 9.18. The Labute approximate surface area is 179 Å². The summed E-state index contributed by atoms with van der Waals surface area (Å²) in [6.07, 6.45) is -4.89. The maximum absolute atomic E-state index is 13.2. The van der Waals surface area contributed by atoms with E-state index in [1.165, 1.54) is 0 Å². The normalized spacial score (nSPS) is 10.8. The van der Waals surface area contributed by atoms with Crippen molar-refractivity contribution in [1.29, 1.82) is 5.26 Å². The smallest absolute Gasteiger partial charge is 0.418 e. The fourth-order valence-electron chi connectivity index (χ4n) is 2.81. The number of hydrogen-bond donors (Lipinski definition) is 1. The van der Waals surface area contributed by atoms with Crippen LogP contribution in [0.25, 0.3) is 11.1 Å². The number of hydrogen-bond acceptors (Lipinski definition) is 5. The van der Waals surface area contributed by atoms with Crippen molar-refractivity contribution in [2.24, 2.45) is 0 Å². The quantitative estimate of drug-likeness (QED) is 0.420. The number of ether oxygens (including phenoxy) is 1. The van der Waals surface area contributed by atoms with Crippen LogP contribution in [0, 0.1) is 21.4 Å². The number of rotatable bonds is 6. The molecule has 0 aromatic heterocycles. The first-order valence-electron chi connectivity index (χ1n) is 9.06. The molecule has 0 aliphatic carbocycles. The van der Waals surface area contributed by atoms with Crippen molar-refractivity contribution in [3.63, 3.8) is 0 Å². The number of nitro benzene ring substituents is 1. The molecule has 3 aromatic rings. The topological polar surface area (TPSA) is 105 Å². The number of nitrogens with one attached hydrogen (secondary N) is 1.